The van der Waals surface area contributed by atoms with Crippen molar-refractivity contribution in [2.45, 2.75) is 148 Å². The Morgan fingerprint density at radius 1 is 0.593 bits per heavy atom. The van der Waals surface area contributed by atoms with E-state index in [-0.39, 0.29) is 4.65 Å². The first-order valence-corrected chi connectivity index (χ1v) is 12.7. The molecule has 0 heterocycles. The predicted molar refractivity (Wildman–Crippen MR) is 121 cm³/mol. The quantitative estimate of drug-likeness (QED) is 0.132. The summed E-state index contributed by atoms with van der Waals surface area (Å²) in [6.07, 6.45) is 28.6. The van der Waals surface area contributed by atoms with Crippen molar-refractivity contribution in [1.82, 2.24) is 0 Å². The van der Waals surface area contributed by atoms with Crippen molar-refractivity contribution in [3.63, 3.8) is 0 Å². The van der Waals surface area contributed by atoms with Crippen LogP contribution < -0.4 is 0 Å². The molecule has 0 bridgehead atoms. The molecule has 0 radical (unpaired) electrons. The second-order valence-electron chi connectivity index (χ2n) is 9.49. The summed E-state index contributed by atoms with van der Waals surface area (Å²) in [7, 11) is 1.93. The van der Waals surface area contributed by atoms with Gasteiger partial charge in [-0.3, -0.25) is 0 Å². The van der Waals surface area contributed by atoms with Gasteiger partial charge in [0.05, 0.1) is 19.6 Å². The average molecular weight is 382 g/mol. The van der Waals surface area contributed by atoms with E-state index in [1.54, 1.807) is 0 Å². The van der Waals surface area contributed by atoms with Gasteiger partial charge in [-0.25, -0.2) is 0 Å². The van der Waals surface area contributed by atoms with E-state index in [4.69, 9.17) is 0 Å². The van der Waals surface area contributed by atoms with Crippen molar-refractivity contribution in [2.24, 2.45) is 0 Å². The van der Waals surface area contributed by atoms with E-state index in [2.05, 4.69) is 6.92 Å². The van der Waals surface area contributed by atoms with Crippen LogP contribution in [0.5, 0.6) is 0 Å². The summed E-state index contributed by atoms with van der Waals surface area (Å²) < 4.78 is 0.0403. The molecule has 0 N–H and O–H groups in total. The van der Waals surface area contributed by atoms with Gasteiger partial charge in [-0.05, 0) is 38.5 Å². The van der Waals surface area contributed by atoms with E-state index in [0.717, 1.165) is 13.0 Å². The highest BCUT2D eigenvalue weighted by Gasteiger charge is 2.25. The van der Waals surface area contributed by atoms with Gasteiger partial charge in [0.1, 0.15) is 0 Å². The van der Waals surface area contributed by atoms with Crippen molar-refractivity contribution in [3.8, 4) is 0 Å². The van der Waals surface area contributed by atoms with Crippen LogP contribution in [-0.2, 0) is 0 Å². The van der Waals surface area contributed by atoms with Crippen LogP contribution >= 0.6 is 0 Å². The lowest BCUT2D eigenvalue weighted by atomic mass is 9.94. The largest absolute Gasteiger partial charge is 0.633 e. The second-order valence-corrected chi connectivity index (χ2v) is 9.49. The smallest absolute Gasteiger partial charge is 0.0885 e. The summed E-state index contributed by atoms with van der Waals surface area (Å²) >= 11 is 0. The molecule has 1 saturated carbocycles. The standard InChI is InChI=1S/C25H51NO/c1-3-4-5-6-7-8-9-10-11-12-13-14-15-16-17-21-24-26(2,27)25-22-19-18-20-23-25/h25H,3-24H2,1-2H3. The van der Waals surface area contributed by atoms with E-state index in [1.807, 2.05) is 7.05 Å². The van der Waals surface area contributed by atoms with E-state index >= 15 is 0 Å². The molecule has 0 aromatic rings. The second kappa shape index (κ2) is 16.8. The third kappa shape index (κ3) is 13.7. The minimum absolute atomic E-state index is 0.0403. The molecule has 0 spiro atoms. The number of nitrogens with zero attached hydrogens (tertiary/aromatic N) is 1. The fourth-order valence-electron chi connectivity index (χ4n) is 4.78. The van der Waals surface area contributed by atoms with Crippen LogP contribution in [0, 0.1) is 5.21 Å². The number of hydrogen-bond acceptors (Lipinski definition) is 1. The summed E-state index contributed by atoms with van der Waals surface area (Å²) in [5.41, 5.74) is 0. The Labute approximate surface area is 171 Å². The van der Waals surface area contributed by atoms with Gasteiger partial charge >= 0.3 is 0 Å². The summed E-state index contributed by atoms with van der Waals surface area (Å²) in [5, 5.41) is 12.7. The van der Waals surface area contributed by atoms with Gasteiger partial charge in [0, 0.05) is 0 Å². The Morgan fingerprint density at radius 3 is 1.37 bits per heavy atom. The van der Waals surface area contributed by atoms with Gasteiger partial charge in [-0.2, -0.15) is 0 Å². The van der Waals surface area contributed by atoms with Crippen LogP contribution in [0.1, 0.15) is 142 Å². The lowest BCUT2D eigenvalue weighted by Gasteiger charge is -2.47. The molecule has 1 aliphatic rings. The molecule has 1 aliphatic carbocycles. The van der Waals surface area contributed by atoms with Crippen LogP contribution in [-0.4, -0.2) is 24.3 Å². The average Bonchev–Trinajstić information content (AvgIpc) is 2.68. The fourth-order valence-corrected chi connectivity index (χ4v) is 4.78. The highest BCUT2D eigenvalue weighted by molar-refractivity contribution is 4.67. The summed E-state index contributed by atoms with van der Waals surface area (Å²) in [6.45, 7) is 3.14. The maximum Gasteiger partial charge on any atom is 0.0885 e. The zero-order chi connectivity index (χ0) is 19.6. The van der Waals surface area contributed by atoms with Gasteiger partial charge < -0.3 is 9.85 Å². The minimum Gasteiger partial charge on any atom is -0.633 e. The number of rotatable bonds is 18. The molecule has 1 rings (SSSR count). The number of unbranched alkanes of at least 4 members (excludes halogenated alkanes) is 15. The lowest BCUT2D eigenvalue weighted by Crippen LogP contribution is -2.48. The highest BCUT2D eigenvalue weighted by atomic mass is 16.5. The van der Waals surface area contributed by atoms with Gasteiger partial charge in [0.2, 0.25) is 0 Å². The van der Waals surface area contributed by atoms with Crippen molar-refractivity contribution < 1.29 is 4.65 Å². The molecule has 2 nitrogen and oxygen atoms in total. The Kier molecular flexibility index (Phi) is 15.6. The first-order chi connectivity index (χ1) is 13.2. The third-order valence-corrected chi connectivity index (χ3v) is 6.80. The third-order valence-electron chi connectivity index (χ3n) is 6.80. The molecule has 0 aromatic heterocycles. The molecule has 162 valence electrons. The molecule has 0 saturated heterocycles. The van der Waals surface area contributed by atoms with Gasteiger partial charge in [-0.1, -0.05) is 103 Å². The first kappa shape index (κ1) is 25.0. The zero-order valence-corrected chi connectivity index (χ0v) is 19.0. The molecule has 2 heteroatoms. The lowest BCUT2D eigenvalue weighted by molar-refractivity contribution is -0.888. The topological polar surface area (TPSA) is 23.1 Å². The molecular weight excluding hydrogens is 330 g/mol. The molecule has 0 aliphatic heterocycles. The van der Waals surface area contributed by atoms with E-state index in [1.165, 1.54) is 128 Å². The Bertz CT molecular complexity index is 309. The van der Waals surface area contributed by atoms with Crippen LogP contribution in [0.3, 0.4) is 0 Å². The fraction of sp³-hybridized carbons (Fsp3) is 1.00. The summed E-state index contributed by atoms with van der Waals surface area (Å²) in [4.78, 5) is 0. The van der Waals surface area contributed by atoms with Crippen LogP contribution in [0.25, 0.3) is 0 Å². The summed E-state index contributed by atoms with van der Waals surface area (Å²) in [6, 6.07) is 0.398. The molecular formula is C25H51NO. The maximum atomic E-state index is 12.7. The number of hydroxylamine groups is 3. The van der Waals surface area contributed by atoms with E-state index < -0.39 is 0 Å². The van der Waals surface area contributed by atoms with E-state index in [9.17, 15) is 5.21 Å². The number of hydrogen-bond donors (Lipinski definition) is 0. The first-order valence-electron chi connectivity index (χ1n) is 12.7. The minimum atomic E-state index is 0.0403. The van der Waals surface area contributed by atoms with Crippen LogP contribution in [0.2, 0.25) is 0 Å². The van der Waals surface area contributed by atoms with Gasteiger partial charge in [0.25, 0.3) is 0 Å². The van der Waals surface area contributed by atoms with Crippen molar-refractivity contribution in [1.29, 1.82) is 0 Å². The van der Waals surface area contributed by atoms with Gasteiger partial charge in [0.15, 0.2) is 0 Å². The Morgan fingerprint density at radius 2 is 0.963 bits per heavy atom. The van der Waals surface area contributed by atoms with Crippen LogP contribution in [0.4, 0.5) is 0 Å². The maximum absolute atomic E-state index is 12.7. The molecule has 1 atom stereocenters. The predicted octanol–water partition coefficient (Wildman–Crippen LogP) is 8.53. The van der Waals surface area contributed by atoms with Crippen LogP contribution in [0.15, 0.2) is 0 Å². The van der Waals surface area contributed by atoms with Crippen molar-refractivity contribution >= 4 is 0 Å². The van der Waals surface area contributed by atoms with Crippen molar-refractivity contribution in [2.75, 3.05) is 13.6 Å². The van der Waals surface area contributed by atoms with E-state index in [0.29, 0.717) is 6.04 Å². The highest BCUT2D eigenvalue weighted by Crippen LogP contribution is 2.26. The molecule has 0 amide bonds. The SMILES string of the molecule is CCCCCCCCCCCCCCCCCC[N+](C)([O-])C1CCCCC1. The Hall–Kier alpha value is -0.0800. The monoisotopic (exact) mass is 381 g/mol. The zero-order valence-electron chi connectivity index (χ0n) is 19.0. The molecule has 1 fully saturated rings. The molecule has 1 unspecified atom stereocenters. The van der Waals surface area contributed by atoms with Crippen molar-refractivity contribution in [3.05, 3.63) is 5.21 Å². The van der Waals surface area contributed by atoms with Gasteiger partial charge in [-0.15, -0.1) is 0 Å². The number of quaternary nitrogens is 1. The molecule has 27 heavy (non-hydrogen) atoms. The normalized spacial score (nSPS) is 17.9. The Balaban J connectivity index is 1.79. The molecule has 0 aromatic carbocycles. The summed E-state index contributed by atoms with van der Waals surface area (Å²) in [5.74, 6) is 0.